The lowest BCUT2D eigenvalue weighted by Gasteiger charge is -2.25. The molecule has 0 saturated heterocycles. The van der Waals surface area contributed by atoms with Crippen LogP contribution in [0, 0.1) is 5.92 Å². The fraction of sp³-hybridized carbons (Fsp3) is 0.571. The molecule has 7 heteroatoms. The fourth-order valence-corrected chi connectivity index (χ4v) is 4.03. The van der Waals surface area contributed by atoms with E-state index in [2.05, 4.69) is 0 Å². The standard InChI is InChI=1S/C21H25F3O4/c22-21(23,24)19-11-17(7-5-15(19)6-8-20(25)26)28-12-16-9-10-27-13-18(16)14-3-1-2-4-14/h5,7,11,14H,1-4,6,8-10,12-13H2,(H,25,26). The van der Waals surface area contributed by atoms with E-state index in [-0.39, 0.29) is 30.8 Å². The highest BCUT2D eigenvalue weighted by molar-refractivity contribution is 5.67. The van der Waals surface area contributed by atoms with Gasteiger partial charge in [0.25, 0.3) is 0 Å². The monoisotopic (exact) mass is 398 g/mol. The zero-order chi connectivity index (χ0) is 20.1. The fourth-order valence-electron chi connectivity index (χ4n) is 4.03. The second-order valence-corrected chi connectivity index (χ2v) is 7.41. The molecule has 1 heterocycles. The summed E-state index contributed by atoms with van der Waals surface area (Å²) in [6, 6.07) is 3.78. The molecule has 3 rings (SSSR count). The van der Waals surface area contributed by atoms with E-state index in [0.29, 0.717) is 19.1 Å². The maximum atomic E-state index is 13.4. The molecule has 0 spiro atoms. The molecule has 0 unspecified atom stereocenters. The first-order chi connectivity index (χ1) is 13.3. The van der Waals surface area contributed by atoms with E-state index in [1.165, 1.54) is 30.5 Å². The van der Waals surface area contributed by atoms with E-state index in [1.807, 2.05) is 0 Å². The molecule has 0 bridgehead atoms. The predicted molar refractivity (Wildman–Crippen MR) is 97.3 cm³/mol. The van der Waals surface area contributed by atoms with E-state index >= 15 is 0 Å². The number of hydrogen-bond acceptors (Lipinski definition) is 3. The highest BCUT2D eigenvalue weighted by atomic mass is 19.4. The first kappa shape index (κ1) is 20.7. The minimum absolute atomic E-state index is 0.0285. The zero-order valence-electron chi connectivity index (χ0n) is 15.7. The van der Waals surface area contributed by atoms with Crippen LogP contribution in [0.2, 0.25) is 0 Å². The average Bonchev–Trinajstić information content (AvgIpc) is 3.19. The van der Waals surface area contributed by atoms with Gasteiger partial charge in [0.15, 0.2) is 0 Å². The summed E-state index contributed by atoms with van der Waals surface area (Å²) < 4.78 is 51.5. The lowest BCUT2D eigenvalue weighted by molar-refractivity contribution is -0.140. The Bertz CT molecular complexity index is 734. The van der Waals surface area contributed by atoms with E-state index < -0.39 is 17.7 Å². The summed E-state index contributed by atoms with van der Waals surface area (Å²) in [6.45, 7) is 1.46. The maximum Gasteiger partial charge on any atom is 0.416 e. The van der Waals surface area contributed by atoms with E-state index in [0.717, 1.165) is 30.9 Å². The molecule has 0 amide bonds. The van der Waals surface area contributed by atoms with Gasteiger partial charge >= 0.3 is 12.1 Å². The molecule has 0 atom stereocenters. The van der Waals surface area contributed by atoms with Crippen LogP contribution in [-0.4, -0.2) is 30.9 Å². The Kier molecular flexibility index (Phi) is 6.65. The molecular formula is C21H25F3O4. The second-order valence-electron chi connectivity index (χ2n) is 7.41. The molecule has 1 fully saturated rings. The van der Waals surface area contributed by atoms with E-state index in [9.17, 15) is 18.0 Å². The number of rotatable bonds is 7. The Labute approximate surface area is 162 Å². The van der Waals surface area contributed by atoms with Gasteiger partial charge < -0.3 is 14.6 Å². The summed E-state index contributed by atoms with van der Waals surface area (Å²) >= 11 is 0. The van der Waals surface area contributed by atoms with Crippen LogP contribution in [0.3, 0.4) is 0 Å². The third-order valence-corrected chi connectivity index (χ3v) is 5.52. The molecule has 1 saturated carbocycles. The normalized spacial score (nSPS) is 18.5. The number of hydrogen-bond donors (Lipinski definition) is 1. The number of halogens is 3. The number of aliphatic carboxylic acids is 1. The van der Waals surface area contributed by atoms with Gasteiger partial charge in [-0.1, -0.05) is 18.9 Å². The second kappa shape index (κ2) is 8.99. The van der Waals surface area contributed by atoms with Gasteiger partial charge in [-0.2, -0.15) is 13.2 Å². The Morgan fingerprint density at radius 3 is 2.68 bits per heavy atom. The molecule has 1 aromatic carbocycles. The van der Waals surface area contributed by atoms with Crippen LogP contribution < -0.4 is 4.74 Å². The van der Waals surface area contributed by atoms with Crippen LogP contribution in [0.4, 0.5) is 13.2 Å². The predicted octanol–water partition coefficient (Wildman–Crippen LogP) is 5.01. The van der Waals surface area contributed by atoms with Crippen molar-refractivity contribution in [3.63, 3.8) is 0 Å². The van der Waals surface area contributed by atoms with Crippen LogP contribution in [-0.2, 0) is 22.1 Å². The van der Waals surface area contributed by atoms with E-state index in [4.69, 9.17) is 14.6 Å². The Balaban J connectivity index is 1.75. The van der Waals surface area contributed by atoms with Crippen molar-refractivity contribution in [1.82, 2.24) is 0 Å². The molecule has 1 N–H and O–H groups in total. The topological polar surface area (TPSA) is 55.8 Å². The van der Waals surface area contributed by atoms with Crippen molar-refractivity contribution in [2.45, 2.75) is 51.1 Å². The largest absolute Gasteiger partial charge is 0.489 e. The highest BCUT2D eigenvalue weighted by Crippen LogP contribution is 2.37. The smallest absolute Gasteiger partial charge is 0.416 e. The molecule has 1 aliphatic carbocycles. The third-order valence-electron chi connectivity index (χ3n) is 5.52. The van der Waals surface area contributed by atoms with Crippen LogP contribution in [0.15, 0.2) is 29.3 Å². The average molecular weight is 398 g/mol. The minimum Gasteiger partial charge on any atom is -0.489 e. The lowest BCUT2D eigenvalue weighted by Crippen LogP contribution is -2.20. The number of carboxylic acids is 1. The first-order valence-corrected chi connectivity index (χ1v) is 9.68. The summed E-state index contributed by atoms with van der Waals surface area (Å²) in [5.74, 6) is -0.474. The number of ether oxygens (including phenoxy) is 2. The van der Waals surface area contributed by atoms with Crippen molar-refractivity contribution >= 4 is 5.97 Å². The van der Waals surface area contributed by atoms with Crippen LogP contribution in [0.1, 0.15) is 49.7 Å². The van der Waals surface area contributed by atoms with Gasteiger partial charge in [-0.15, -0.1) is 0 Å². The number of aryl methyl sites for hydroxylation is 1. The van der Waals surface area contributed by atoms with Crippen molar-refractivity contribution in [3.05, 3.63) is 40.5 Å². The van der Waals surface area contributed by atoms with Crippen molar-refractivity contribution in [3.8, 4) is 5.75 Å². The van der Waals surface area contributed by atoms with Crippen molar-refractivity contribution in [1.29, 1.82) is 0 Å². The quantitative estimate of drug-likeness (QED) is 0.656. The summed E-state index contributed by atoms with van der Waals surface area (Å²) in [5.41, 5.74) is 1.54. The molecule has 0 aromatic heterocycles. The van der Waals surface area contributed by atoms with E-state index in [1.54, 1.807) is 0 Å². The Hall–Kier alpha value is -2.02. The van der Waals surface area contributed by atoms with Gasteiger partial charge in [0.2, 0.25) is 0 Å². The molecule has 2 aliphatic rings. The van der Waals surface area contributed by atoms with Crippen LogP contribution >= 0.6 is 0 Å². The van der Waals surface area contributed by atoms with Crippen LogP contribution in [0.25, 0.3) is 0 Å². The van der Waals surface area contributed by atoms with Gasteiger partial charge in [-0.05, 0) is 60.4 Å². The summed E-state index contributed by atoms with van der Waals surface area (Å²) in [7, 11) is 0. The summed E-state index contributed by atoms with van der Waals surface area (Å²) in [4.78, 5) is 10.7. The molecule has 0 radical (unpaired) electrons. The SMILES string of the molecule is O=C(O)CCc1ccc(OCC2=C(C3CCCC3)COCC2)cc1C(F)(F)F. The van der Waals surface area contributed by atoms with Crippen molar-refractivity contribution < 1.29 is 32.5 Å². The molecule has 1 aromatic rings. The summed E-state index contributed by atoms with van der Waals surface area (Å²) in [6.07, 6.45) is 0.357. The lowest BCUT2D eigenvalue weighted by atomic mass is 9.91. The number of benzene rings is 1. The van der Waals surface area contributed by atoms with Crippen molar-refractivity contribution in [2.75, 3.05) is 19.8 Å². The van der Waals surface area contributed by atoms with Gasteiger partial charge in [0.1, 0.15) is 12.4 Å². The van der Waals surface area contributed by atoms with Gasteiger partial charge in [0, 0.05) is 6.42 Å². The molecule has 28 heavy (non-hydrogen) atoms. The van der Waals surface area contributed by atoms with Crippen molar-refractivity contribution in [2.24, 2.45) is 5.92 Å². The summed E-state index contributed by atoms with van der Waals surface area (Å²) in [5, 5.41) is 8.75. The van der Waals surface area contributed by atoms with Gasteiger partial charge in [0.05, 0.1) is 18.8 Å². The number of carboxylic acid groups (broad SMARTS) is 1. The zero-order valence-corrected chi connectivity index (χ0v) is 15.7. The first-order valence-electron chi connectivity index (χ1n) is 9.68. The third kappa shape index (κ3) is 5.28. The Morgan fingerprint density at radius 1 is 1.25 bits per heavy atom. The Morgan fingerprint density at radius 2 is 2.00 bits per heavy atom. The molecule has 1 aliphatic heterocycles. The van der Waals surface area contributed by atoms with Gasteiger partial charge in [-0.25, -0.2) is 0 Å². The van der Waals surface area contributed by atoms with Crippen LogP contribution in [0.5, 0.6) is 5.75 Å². The number of carbonyl (C=O) groups is 1. The maximum absolute atomic E-state index is 13.4. The molecular weight excluding hydrogens is 373 g/mol. The highest BCUT2D eigenvalue weighted by Gasteiger charge is 2.34. The van der Waals surface area contributed by atoms with Gasteiger partial charge in [-0.3, -0.25) is 4.79 Å². The molecule has 154 valence electrons. The molecule has 4 nitrogen and oxygen atoms in total. The number of alkyl halides is 3. The minimum atomic E-state index is -4.56.